The molecule has 0 N–H and O–H groups in total. The minimum atomic E-state index is 0.148. The number of thiol groups is 1. The molecule has 2 atom stereocenters. The number of piperidine rings is 1. The average molecular weight is 312 g/mol. The maximum absolute atomic E-state index is 12.4. The monoisotopic (exact) mass is 311 g/mol. The molecule has 4 heteroatoms. The minimum Gasteiger partial charge on any atom is -0.335 e. The van der Waals surface area contributed by atoms with Crippen LogP contribution in [0, 0.1) is 5.92 Å². The van der Waals surface area contributed by atoms with Gasteiger partial charge in [0.1, 0.15) is 0 Å². The van der Waals surface area contributed by atoms with E-state index < -0.39 is 0 Å². The Kier molecular flexibility index (Phi) is 2.95. The molecule has 1 aromatic carbocycles. The van der Waals surface area contributed by atoms with Crippen molar-refractivity contribution in [2.24, 2.45) is 5.92 Å². The number of benzene rings is 1. The molecule has 90 valence electrons. The van der Waals surface area contributed by atoms with Crippen LogP contribution in [0.1, 0.15) is 29.6 Å². The Morgan fingerprint density at radius 1 is 1.41 bits per heavy atom. The van der Waals surface area contributed by atoms with Crippen molar-refractivity contribution in [1.82, 2.24) is 4.90 Å². The van der Waals surface area contributed by atoms with Gasteiger partial charge in [-0.25, -0.2) is 0 Å². The molecule has 0 aromatic heterocycles. The van der Waals surface area contributed by atoms with Crippen molar-refractivity contribution in [3.63, 3.8) is 0 Å². The van der Waals surface area contributed by atoms with Gasteiger partial charge in [-0.3, -0.25) is 4.79 Å². The van der Waals surface area contributed by atoms with Crippen molar-refractivity contribution in [3.8, 4) is 0 Å². The highest BCUT2D eigenvalue weighted by Gasteiger charge is 2.40. The smallest absolute Gasteiger partial charge is 0.255 e. The summed E-state index contributed by atoms with van der Waals surface area (Å²) in [7, 11) is 0. The van der Waals surface area contributed by atoms with Gasteiger partial charge in [0.15, 0.2) is 0 Å². The van der Waals surface area contributed by atoms with Gasteiger partial charge in [-0.1, -0.05) is 15.9 Å². The summed E-state index contributed by atoms with van der Waals surface area (Å²) in [6.07, 6.45) is 3.67. The summed E-state index contributed by atoms with van der Waals surface area (Å²) < 4.78 is 0.960. The molecule has 2 fully saturated rings. The number of hydrogen-bond acceptors (Lipinski definition) is 2. The van der Waals surface area contributed by atoms with Gasteiger partial charge < -0.3 is 4.90 Å². The molecule has 2 nitrogen and oxygen atoms in total. The highest BCUT2D eigenvalue weighted by Crippen LogP contribution is 2.38. The number of amides is 1. The van der Waals surface area contributed by atoms with E-state index >= 15 is 0 Å². The topological polar surface area (TPSA) is 20.3 Å². The maximum Gasteiger partial charge on any atom is 0.255 e. The Labute approximate surface area is 115 Å². The van der Waals surface area contributed by atoms with Crippen molar-refractivity contribution in [1.29, 1.82) is 0 Å². The Hall–Kier alpha value is -0.480. The first-order chi connectivity index (χ1) is 8.15. The van der Waals surface area contributed by atoms with Gasteiger partial charge in [-0.15, -0.1) is 12.6 Å². The molecule has 17 heavy (non-hydrogen) atoms. The first-order valence-electron chi connectivity index (χ1n) is 5.94. The summed E-state index contributed by atoms with van der Waals surface area (Å²) >= 11 is 7.78. The van der Waals surface area contributed by atoms with Crippen LogP contribution in [-0.4, -0.2) is 23.4 Å². The predicted octanol–water partition coefficient (Wildman–Crippen LogP) is 3.36. The van der Waals surface area contributed by atoms with Crippen molar-refractivity contribution < 1.29 is 4.79 Å². The van der Waals surface area contributed by atoms with Gasteiger partial charge >= 0.3 is 0 Å². The van der Waals surface area contributed by atoms with Gasteiger partial charge in [-0.2, -0.15) is 0 Å². The van der Waals surface area contributed by atoms with Crippen LogP contribution in [0.3, 0.4) is 0 Å². The highest BCUT2D eigenvalue weighted by molar-refractivity contribution is 9.10. The molecule has 1 aliphatic heterocycles. The molecule has 0 spiro atoms. The minimum absolute atomic E-state index is 0.148. The molecular formula is C13H14BrNOS. The molecule has 1 aliphatic carbocycles. The van der Waals surface area contributed by atoms with E-state index in [0.717, 1.165) is 27.4 Å². The highest BCUT2D eigenvalue weighted by atomic mass is 79.9. The van der Waals surface area contributed by atoms with Crippen LogP contribution in [-0.2, 0) is 0 Å². The largest absolute Gasteiger partial charge is 0.335 e. The number of carbonyl (C=O) groups is 1. The molecule has 1 amide bonds. The van der Waals surface area contributed by atoms with E-state index in [4.69, 9.17) is 0 Å². The van der Waals surface area contributed by atoms with Crippen LogP contribution in [0.2, 0.25) is 0 Å². The molecule has 1 saturated heterocycles. The van der Waals surface area contributed by atoms with E-state index in [-0.39, 0.29) is 5.91 Å². The summed E-state index contributed by atoms with van der Waals surface area (Å²) in [6.45, 7) is 0.937. The fourth-order valence-electron chi connectivity index (χ4n) is 3.01. The number of halogens is 1. The Morgan fingerprint density at radius 2 is 2.24 bits per heavy atom. The fourth-order valence-corrected chi connectivity index (χ4v) is 3.86. The van der Waals surface area contributed by atoms with Gasteiger partial charge in [0.25, 0.3) is 5.91 Å². The predicted molar refractivity (Wildman–Crippen MR) is 73.6 cm³/mol. The molecule has 1 saturated carbocycles. The Morgan fingerprint density at radius 3 is 2.82 bits per heavy atom. The third-order valence-corrected chi connectivity index (χ3v) is 4.72. The van der Waals surface area contributed by atoms with Crippen LogP contribution in [0.15, 0.2) is 27.6 Å². The van der Waals surface area contributed by atoms with Crippen LogP contribution < -0.4 is 0 Å². The zero-order valence-corrected chi connectivity index (χ0v) is 11.9. The fraction of sp³-hybridized carbons (Fsp3) is 0.462. The quantitative estimate of drug-likeness (QED) is 0.789. The average Bonchev–Trinajstić information content (AvgIpc) is 2.89. The van der Waals surface area contributed by atoms with Gasteiger partial charge in [0.2, 0.25) is 0 Å². The van der Waals surface area contributed by atoms with E-state index in [2.05, 4.69) is 28.6 Å². The summed E-state index contributed by atoms with van der Waals surface area (Å²) in [5.74, 6) is 0.887. The summed E-state index contributed by atoms with van der Waals surface area (Å²) in [5, 5.41) is 0. The van der Waals surface area contributed by atoms with Crippen LogP contribution in [0.5, 0.6) is 0 Å². The molecule has 2 bridgehead atoms. The Balaban J connectivity index is 1.87. The number of nitrogens with zero attached hydrogens (tertiary/aromatic N) is 1. The standard InChI is InChI=1S/C13H14BrNOS/c14-9-2-4-11(12(17)6-9)13(16)15-7-8-1-3-10(15)5-8/h2,4,6,8,10,17H,1,3,5,7H2. The van der Waals surface area contributed by atoms with Crippen LogP contribution in [0.25, 0.3) is 0 Å². The van der Waals surface area contributed by atoms with E-state index in [1.165, 1.54) is 19.3 Å². The van der Waals surface area contributed by atoms with Crippen molar-refractivity contribution in [3.05, 3.63) is 28.2 Å². The number of likely N-dealkylation sites (tertiary alicyclic amines) is 1. The lowest BCUT2D eigenvalue weighted by Gasteiger charge is -2.27. The molecule has 3 rings (SSSR count). The first-order valence-corrected chi connectivity index (χ1v) is 7.18. The van der Waals surface area contributed by atoms with Gasteiger partial charge in [0.05, 0.1) is 5.56 Å². The lowest BCUT2D eigenvalue weighted by Crippen LogP contribution is -2.37. The van der Waals surface area contributed by atoms with Crippen molar-refractivity contribution in [2.75, 3.05) is 6.54 Å². The number of hydrogen-bond donors (Lipinski definition) is 1. The van der Waals surface area contributed by atoms with Gasteiger partial charge in [-0.05, 0) is 43.4 Å². The summed E-state index contributed by atoms with van der Waals surface area (Å²) in [4.78, 5) is 15.2. The zero-order valence-electron chi connectivity index (χ0n) is 9.40. The Bertz CT molecular complexity index is 476. The zero-order chi connectivity index (χ0) is 12.0. The molecule has 2 aliphatic rings. The van der Waals surface area contributed by atoms with E-state index in [0.29, 0.717) is 6.04 Å². The molecule has 2 unspecified atom stereocenters. The number of fused-ring (bicyclic) bond motifs is 2. The van der Waals surface area contributed by atoms with Crippen molar-refractivity contribution in [2.45, 2.75) is 30.2 Å². The summed E-state index contributed by atoms with van der Waals surface area (Å²) in [6, 6.07) is 6.12. The van der Waals surface area contributed by atoms with E-state index in [1.807, 2.05) is 23.1 Å². The van der Waals surface area contributed by atoms with Gasteiger partial charge in [0, 0.05) is 22.0 Å². The van der Waals surface area contributed by atoms with Crippen LogP contribution in [0.4, 0.5) is 0 Å². The molecule has 1 aromatic rings. The lowest BCUT2D eigenvalue weighted by molar-refractivity contribution is 0.0700. The number of carbonyl (C=O) groups excluding carboxylic acids is 1. The lowest BCUT2D eigenvalue weighted by atomic mass is 10.1. The number of rotatable bonds is 1. The molecule has 1 heterocycles. The second kappa shape index (κ2) is 4.32. The third kappa shape index (κ3) is 2.02. The van der Waals surface area contributed by atoms with E-state index in [1.54, 1.807) is 0 Å². The second-order valence-corrected chi connectivity index (χ2v) is 6.35. The third-order valence-electron chi connectivity index (χ3n) is 3.86. The SMILES string of the molecule is O=C(c1ccc(Br)cc1S)N1CC2CCC1C2. The van der Waals surface area contributed by atoms with E-state index in [9.17, 15) is 4.79 Å². The molecule has 0 radical (unpaired) electrons. The maximum atomic E-state index is 12.4. The van der Waals surface area contributed by atoms with Crippen LogP contribution >= 0.6 is 28.6 Å². The second-order valence-electron chi connectivity index (χ2n) is 4.95. The first kappa shape index (κ1) is 11.6. The molecular weight excluding hydrogens is 298 g/mol. The normalized spacial score (nSPS) is 26.6. The summed E-state index contributed by atoms with van der Waals surface area (Å²) in [5.41, 5.74) is 0.726. The van der Waals surface area contributed by atoms with Crippen molar-refractivity contribution >= 4 is 34.5 Å².